The van der Waals surface area contributed by atoms with Crippen LogP contribution in [0.5, 0.6) is 5.75 Å². The molecule has 108 valence electrons. The van der Waals surface area contributed by atoms with Crippen LogP contribution in [0, 0.1) is 11.8 Å². The average Bonchev–Trinajstić information content (AvgIpc) is 3.25. The third-order valence-electron chi connectivity index (χ3n) is 3.90. The number of benzene rings is 1. The molecular weight excluding hydrogens is 264 g/mol. The molecule has 4 heteroatoms. The van der Waals surface area contributed by atoms with Crippen molar-refractivity contribution < 1.29 is 9.53 Å². The number of ether oxygens (including phenoxy) is 1. The Kier molecular flexibility index (Phi) is 3.60. The van der Waals surface area contributed by atoms with E-state index in [0.717, 1.165) is 17.5 Å². The fraction of sp³-hybridized carbons (Fsp3) is 0.294. The van der Waals surface area contributed by atoms with E-state index in [2.05, 4.69) is 17.2 Å². The van der Waals surface area contributed by atoms with Crippen molar-refractivity contribution in [1.29, 1.82) is 0 Å². The van der Waals surface area contributed by atoms with E-state index in [0.29, 0.717) is 17.4 Å². The van der Waals surface area contributed by atoms with Gasteiger partial charge in [0.1, 0.15) is 5.75 Å². The van der Waals surface area contributed by atoms with Crippen molar-refractivity contribution in [2.24, 2.45) is 11.8 Å². The summed E-state index contributed by atoms with van der Waals surface area (Å²) in [7, 11) is 1.61. The molecule has 1 heterocycles. The molecule has 2 atom stereocenters. The van der Waals surface area contributed by atoms with E-state index in [1.807, 2.05) is 30.3 Å². The Labute approximate surface area is 124 Å². The van der Waals surface area contributed by atoms with Crippen molar-refractivity contribution in [3.05, 3.63) is 42.7 Å². The second-order valence-corrected chi connectivity index (χ2v) is 5.47. The average molecular weight is 282 g/mol. The van der Waals surface area contributed by atoms with Crippen LogP contribution in [0.15, 0.2) is 42.7 Å². The van der Waals surface area contributed by atoms with Crippen molar-refractivity contribution in [3.63, 3.8) is 0 Å². The summed E-state index contributed by atoms with van der Waals surface area (Å²) in [5, 5.41) is 2.98. The summed E-state index contributed by atoms with van der Waals surface area (Å²) in [6, 6.07) is 9.65. The van der Waals surface area contributed by atoms with Crippen molar-refractivity contribution in [1.82, 2.24) is 4.98 Å². The molecule has 0 bridgehead atoms. The minimum Gasteiger partial charge on any atom is -0.495 e. The second kappa shape index (κ2) is 5.56. The molecule has 21 heavy (non-hydrogen) atoms. The Hall–Kier alpha value is -2.36. The third-order valence-corrected chi connectivity index (χ3v) is 3.90. The van der Waals surface area contributed by atoms with Crippen molar-refractivity contribution in [2.75, 3.05) is 12.4 Å². The molecule has 0 aliphatic heterocycles. The predicted octanol–water partition coefficient (Wildman–Crippen LogP) is 3.35. The minimum absolute atomic E-state index is 0.0733. The third kappa shape index (κ3) is 2.89. The van der Waals surface area contributed by atoms with Crippen molar-refractivity contribution in [3.8, 4) is 16.9 Å². The normalized spacial score (nSPS) is 19.9. The van der Waals surface area contributed by atoms with Crippen LogP contribution in [0.25, 0.3) is 11.1 Å². The van der Waals surface area contributed by atoms with E-state index in [1.54, 1.807) is 19.5 Å². The molecule has 1 amide bonds. The number of hydrogen-bond acceptors (Lipinski definition) is 3. The molecule has 0 saturated heterocycles. The zero-order chi connectivity index (χ0) is 14.8. The van der Waals surface area contributed by atoms with Crippen molar-refractivity contribution in [2.45, 2.75) is 13.3 Å². The van der Waals surface area contributed by atoms with E-state index in [-0.39, 0.29) is 11.8 Å². The predicted molar refractivity (Wildman–Crippen MR) is 82.1 cm³/mol. The molecule has 1 aromatic carbocycles. The lowest BCUT2D eigenvalue weighted by atomic mass is 10.1. The van der Waals surface area contributed by atoms with Crippen molar-refractivity contribution >= 4 is 11.6 Å². The number of carbonyl (C=O) groups excluding carboxylic acids is 1. The summed E-state index contributed by atoms with van der Waals surface area (Å²) >= 11 is 0. The molecule has 1 N–H and O–H groups in total. The van der Waals surface area contributed by atoms with E-state index >= 15 is 0 Å². The number of nitrogens with one attached hydrogen (secondary N) is 1. The highest BCUT2D eigenvalue weighted by Crippen LogP contribution is 2.39. The van der Waals surface area contributed by atoms with Gasteiger partial charge in [-0.25, -0.2) is 0 Å². The van der Waals surface area contributed by atoms with Gasteiger partial charge in [-0.15, -0.1) is 0 Å². The topological polar surface area (TPSA) is 51.2 Å². The van der Waals surface area contributed by atoms with E-state index in [4.69, 9.17) is 4.74 Å². The second-order valence-electron chi connectivity index (χ2n) is 5.47. The van der Waals surface area contributed by atoms with Crippen LogP contribution in [0.4, 0.5) is 5.69 Å². The highest BCUT2D eigenvalue weighted by molar-refractivity contribution is 5.96. The fourth-order valence-electron chi connectivity index (χ4n) is 2.43. The monoisotopic (exact) mass is 282 g/mol. The Morgan fingerprint density at radius 3 is 2.76 bits per heavy atom. The summed E-state index contributed by atoms with van der Waals surface area (Å²) in [5.74, 6) is 1.36. The largest absolute Gasteiger partial charge is 0.495 e. The minimum atomic E-state index is 0.0733. The van der Waals surface area contributed by atoms with Gasteiger partial charge >= 0.3 is 0 Å². The molecule has 1 fully saturated rings. The zero-order valence-electron chi connectivity index (χ0n) is 12.2. The SMILES string of the molecule is COc1ccc(-c2cccnc2)cc1NC(=O)C1CC1C. The van der Waals surface area contributed by atoms with Gasteiger partial charge in [-0.3, -0.25) is 9.78 Å². The molecule has 2 unspecified atom stereocenters. The zero-order valence-corrected chi connectivity index (χ0v) is 12.2. The highest BCUT2D eigenvalue weighted by Gasteiger charge is 2.39. The van der Waals surface area contributed by atoms with Crippen LogP contribution < -0.4 is 10.1 Å². The first kappa shape index (κ1) is 13.6. The molecule has 4 nitrogen and oxygen atoms in total. The quantitative estimate of drug-likeness (QED) is 0.935. The van der Waals surface area contributed by atoms with Gasteiger partial charge in [-0.2, -0.15) is 0 Å². The van der Waals surface area contributed by atoms with Gasteiger partial charge in [0.15, 0.2) is 0 Å². The summed E-state index contributed by atoms with van der Waals surface area (Å²) < 4.78 is 5.33. The van der Waals surface area contributed by atoms with Crippen LogP contribution in [0.1, 0.15) is 13.3 Å². The first-order valence-electron chi connectivity index (χ1n) is 7.08. The first-order valence-corrected chi connectivity index (χ1v) is 7.08. The van der Waals surface area contributed by atoms with Crippen LogP contribution in [0.3, 0.4) is 0 Å². The Bertz CT molecular complexity index is 655. The summed E-state index contributed by atoms with van der Waals surface area (Å²) in [4.78, 5) is 16.2. The summed E-state index contributed by atoms with van der Waals surface area (Å²) in [5.41, 5.74) is 2.72. The number of amides is 1. The smallest absolute Gasteiger partial charge is 0.227 e. The van der Waals surface area contributed by atoms with E-state index in [1.165, 1.54) is 0 Å². The number of hydrogen-bond donors (Lipinski definition) is 1. The Morgan fingerprint density at radius 2 is 2.14 bits per heavy atom. The Morgan fingerprint density at radius 1 is 1.33 bits per heavy atom. The highest BCUT2D eigenvalue weighted by atomic mass is 16.5. The van der Waals surface area contributed by atoms with E-state index < -0.39 is 0 Å². The maximum absolute atomic E-state index is 12.1. The number of pyridine rings is 1. The molecule has 1 aromatic heterocycles. The number of carbonyl (C=O) groups is 1. The van der Waals surface area contributed by atoms with Gasteiger partial charge in [0, 0.05) is 23.9 Å². The maximum Gasteiger partial charge on any atom is 0.227 e. The molecule has 1 aliphatic rings. The van der Waals surface area contributed by atoms with Gasteiger partial charge in [0.05, 0.1) is 12.8 Å². The number of methoxy groups -OCH3 is 1. The number of nitrogens with zero attached hydrogens (tertiary/aromatic N) is 1. The molecule has 0 spiro atoms. The molecule has 1 aliphatic carbocycles. The van der Waals surface area contributed by atoms with Gasteiger partial charge in [0.2, 0.25) is 5.91 Å². The van der Waals surface area contributed by atoms with Gasteiger partial charge < -0.3 is 10.1 Å². The first-order chi connectivity index (χ1) is 10.2. The lowest BCUT2D eigenvalue weighted by molar-refractivity contribution is -0.117. The van der Waals surface area contributed by atoms with E-state index in [9.17, 15) is 4.79 Å². The number of anilines is 1. The molecular formula is C17H18N2O2. The lowest BCUT2D eigenvalue weighted by Crippen LogP contribution is -2.15. The lowest BCUT2D eigenvalue weighted by Gasteiger charge is -2.12. The fourth-order valence-corrected chi connectivity index (χ4v) is 2.43. The van der Waals surface area contributed by atoms with Crippen LogP contribution in [0.2, 0.25) is 0 Å². The molecule has 3 rings (SSSR count). The molecule has 1 saturated carbocycles. The van der Waals surface area contributed by atoms with Crippen LogP contribution in [-0.2, 0) is 4.79 Å². The molecule has 0 radical (unpaired) electrons. The standard InChI is InChI=1S/C17H18N2O2/c1-11-8-14(11)17(20)19-15-9-12(5-6-16(15)21-2)13-4-3-7-18-10-13/h3-7,9-11,14H,8H2,1-2H3,(H,19,20). The van der Waals surface area contributed by atoms with Crippen LogP contribution >= 0.6 is 0 Å². The Balaban J connectivity index is 1.88. The van der Waals surface area contributed by atoms with Gasteiger partial charge in [0.25, 0.3) is 0 Å². The number of rotatable bonds is 4. The number of aromatic nitrogens is 1. The summed E-state index contributed by atoms with van der Waals surface area (Å²) in [6.45, 7) is 2.09. The van der Waals surface area contributed by atoms with Gasteiger partial charge in [-0.1, -0.05) is 19.1 Å². The summed E-state index contributed by atoms with van der Waals surface area (Å²) in [6.07, 6.45) is 4.51. The molecule has 2 aromatic rings. The maximum atomic E-state index is 12.1. The van der Waals surface area contributed by atoms with Gasteiger partial charge in [-0.05, 0) is 36.1 Å². The van der Waals surface area contributed by atoms with Crippen LogP contribution in [-0.4, -0.2) is 18.0 Å².